The molecule has 3 aromatic rings. The average molecular weight is 542 g/mol. The molecule has 2 aromatic carbocycles. The molecule has 4 heterocycles. The minimum Gasteiger partial charge on any atom is -0.491 e. The number of piperazine rings is 1. The lowest BCUT2D eigenvalue weighted by Crippen LogP contribution is -2.57. The Bertz CT molecular complexity index is 1420. The number of rotatable bonds is 5. The molecule has 2 fully saturated rings. The number of halogens is 3. The highest BCUT2D eigenvalue weighted by Crippen LogP contribution is 2.40. The van der Waals surface area contributed by atoms with E-state index in [0.29, 0.717) is 67.7 Å². The van der Waals surface area contributed by atoms with Gasteiger partial charge in [-0.3, -0.25) is 4.79 Å². The van der Waals surface area contributed by atoms with E-state index in [2.05, 4.69) is 20.2 Å². The first-order valence-electron chi connectivity index (χ1n) is 13.2. The topological polar surface area (TPSA) is 79.8 Å². The van der Waals surface area contributed by atoms with Crippen LogP contribution in [-0.4, -0.2) is 66.3 Å². The van der Waals surface area contributed by atoms with Gasteiger partial charge in [-0.2, -0.15) is 0 Å². The number of amides is 1. The van der Waals surface area contributed by atoms with Gasteiger partial charge in [0.25, 0.3) is 6.43 Å². The van der Waals surface area contributed by atoms with Crippen LogP contribution < -0.4 is 15.0 Å². The lowest BCUT2D eigenvalue weighted by Gasteiger charge is -2.43. The van der Waals surface area contributed by atoms with Crippen LogP contribution in [0.5, 0.6) is 5.75 Å². The van der Waals surface area contributed by atoms with Crippen LogP contribution in [0, 0.1) is 18.7 Å². The van der Waals surface area contributed by atoms with Crippen LogP contribution in [-0.2, 0) is 9.53 Å². The highest BCUT2D eigenvalue weighted by atomic mass is 19.3. The number of anilines is 2. The molecule has 3 aliphatic heterocycles. The van der Waals surface area contributed by atoms with Crippen LogP contribution in [0.15, 0.2) is 30.3 Å². The number of carbonyl (C=O) groups is 1. The Kier molecular flexibility index (Phi) is 6.70. The molecule has 0 aliphatic carbocycles. The number of fused-ring (bicyclic) bond motifs is 4. The Morgan fingerprint density at radius 1 is 1.15 bits per heavy atom. The summed E-state index contributed by atoms with van der Waals surface area (Å²) < 4.78 is 52.8. The average Bonchev–Trinajstić information content (AvgIpc) is 3.04. The molecule has 206 valence electrons. The maximum absolute atomic E-state index is 14.9. The van der Waals surface area contributed by atoms with Gasteiger partial charge in [-0.1, -0.05) is 18.2 Å². The van der Waals surface area contributed by atoms with Crippen LogP contribution in [0.4, 0.5) is 24.7 Å². The van der Waals surface area contributed by atoms with Gasteiger partial charge in [0.1, 0.15) is 23.2 Å². The third kappa shape index (κ3) is 4.73. The molecule has 0 saturated carbocycles. The van der Waals surface area contributed by atoms with Gasteiger partial charge in [0.2, 0.25) is 5.91 Å². The van der Waals surface area contributed by atoms with Gasteiger partial charge in [-0.05, 0) is 19.9 Å². The Morgan fingerprint density at radius 2 is 1.95 bits per heavy atom. The number of hydrogen-bond acceptors (Lipinski definition) is 7. The van der Waals surface area contributed by atoms with Crippen LogP contribution in [0.2, 0.25) is 0 Å². The number of alkyl halides is 2. The van der Waals surface area contributed by atoms with E-state index in [9.17, 15) is 18.0 Å². The fourth-order valence-electron chi connectivity index (χ4n) is 5.63. The first-order valence-corrected chi connectivity index (χ1v) is 13.2. The molecular formula is C28H30F3N5O3. The van der Waals surface area contributed by atoms with E-state index in [-0.39, 0.29) is 23.4 Å². The number of carbonyl (C=O) groups excluding carboxylic acids is 1. The summed E-state index contributed by atoms with van der Waals surface area (Å²) in [4.78, 5) is 26.2. The quantitative estimate of drug-likeness (QED) is 0.505. The van der Waals surface area contributed by atoms with Crippen molar-refractivity contribution in [2.75, 3.05) is 49.7 Å². The second-order valence-electron chi connectivity index (χ2n) is 10.4. The van der Waals surface area contributed by atoms with E-state index in [1.54, 1.807) is 13.8 Å². The zero-order chi connectivity index (χ0) is 27.3. The van der Waals surface area contributed by atoms with Gasteiger partial charge in [-0.15, -0.1) is 0 Å². The third-order valence-electron chi connectivity index (χ3n) is 7.80. The number of nitrogens with one attached hydrogen (secondary N) is 1. The minimum atomic E-state index is -2.90. The Labute approximate surface area is 224 Å². The highest BCUT2D eigenvalue weighted by Gasteiger charge is 2.37. The van der Waals surface area contributed by atoms with E-state index in [1.165, 1.54) is 12.1 Å². The molecule has 3 aliphatic rings. The molecule has 11 heteroatoms. The molecule has 2 atom stereocenters. The summed E-state index contributed by atoms with van der Waals surface area (Å²) in [6, 6.07) is 7.35. The third-order valence-corrected chi connectivity index (χ3v) is 7.80. The second kappa shape index (κ2) is 10.2. The van der Waals surface area contributed by atoms with Gasteiger partial charge < -0.3 is 24.6 Å². The van der Waals surface area contributed by atoms with Crippen molar-refractivity contribution >= 4 is 28.3 Å². The van der Waals surface area contributed by atoms with Gasteiger partial charge in [0, 0.05) is 43.1 Å². The molecule has 0 spiro atoms. The number of nitrogens with zero attached hydrogens (tertiary/aromatic N) is 4. The van der Waals surface area contributed by atoms with Gasteiger partial charge in [-0.25, -0.2) is 23.1 Å². The maximum atomic E-state index is 14.9. The SMILES string of the molecule is Cc1nc(N[C@H](C)c2cccc(C(F)F)c2F)c2cc3c(cc2n1)OCC[C@H]1CN(C(=O)C2COC2)CCN31. The fourth-order valence-corrected chi connectivity index (χ4v) is 5.63. The summed E-state index contributed by atoms with van der Waals surface area (Å²) in [6.07, 6.45) is -2.14. The van der Waals surface area contributed by atoms with Crippen molar-refractivity contribution in [3.05, 3.63) is 53.1 Å². The Balaban J connectivity index is 1.32. The van der Waals surface area contributed by atoms with Crippen molar-refractivity contribution in [2.45, 2.75) is 38.8 Å². The zero-order valence-corrected chi connectivity index (χ0v) is 21.8. The summed E-state index contributed by atoms with van der Waals surface area (Å²) in [5.74, 6) is 0.889. The zero-order valence-electron chi connectivity index (χ0n) is 21.8. The molecule has 1 aromatic heterocycles. The maximum Gasteiger partial charge on any atom is 0.266 e. The van der Waals surface area contributed by atoms with Crippen LogP contribution in [0.1, 0.15) is 42.8 Å². The first kappa shape index (κ1) is 25.7. The normalized spacial score (nSPS) is 20.1. The summed E-state index contributed by atoms with van der Waals surface area (Å²) in [7, 11) is 0. The smallest absolute Gasteiger partial charge is 0.266 e. The molecule has 2 saturated heterocycles. The molecule has 8 nitrogen and oxygen atoms in total. The van der Waals surface area contributed by atoms with Crippen molar-refractivity contribution in [1.29, 1.82) is 0 Å². The van der Waals surface area contributed by atoms with Gasteiger partial charge in [0.15, 0.2) is 0 Å². The van der Waals surface area contributed by atoms with E-state index in [0.717, 1.165) is 18.2 Å². The van der Waals surface area contributed by atoms with Crippen molar-refractivity contribution in [3.8, 4) is 5.75 Å². The van der Waals surface area contributed by atoms with E-state index < -0.39 is 23.8 Å². The van der Waals surface area contributed by atoms with Gasteiger partial charge >= 0.3 is 0 Å². The summed E-state index contributed by atoms with van der Waals surface area (Å²) in [5.41, 5.74) is 1.06. The molecule has 6 rings (SSSR count). The van der Waals surface area contributed by atoms with Gasteiger partial charge in [0.05, 0.1) is 54.6 Å². The number of hydrogen-bond donors (Lipinski definition) is 1. The van der Waals surface area contributed by atoms with E-state index in [4.69, 9.17) is 9.47 Å². The number of ether oxygens (including phenoxy) is 2. The lowest BCUT2D eigenvalue weighted by molar-refractivity contribution is -0.150. The molecule has 1 amide bonds. The predicted molar refractivity (Wildman–Crippen MR) is 140 cm³/mol. The van der Waals surface area contributed by atoms with Crippen molar-refractivity contribution in [2.24, 2.45) is 5.92 Å². The summed E-state index contributed by atoms with van der Waals surface area (Å²) >= 11 is 0. The highest BCUT2D eigenvalue weighted by molar-refractivity contribution is 5.94. The summed E-state index contributed by atoms with van der Waals surface area (Å²) in [6.45, 7) is 6.85. The van der Waals surface area contributed by atoms with Crippen molar-refractivity contribution in [3.63, 3.8) is 0 Å². The second-order valence-corrected chi connectivity index (χ2v) is 10.4. The molecular weight excluding hydrogens is 511 g/mol. The largest absolute Gasteiger partial charge is 0.491 e. The number of aryl methyl sites for hydroxylation is 1. The summed E-state index contributed by atoms with van der Waals surface area (Å²) in [5, 5.41) is 3.94. The van der Waals surface area contributed by atoms with Crippen LogP contribution >= 0.6 is 0 Å². The minimum absolute atomic E-state index is 0.0444. The molecule has 0 radical (unpaired) electrons. The Hall–Kier alpha value is -3.60. The molecule has 39 heavy (non-hydrogen) atoms. The monoisotopic (exact) mass is 541 g/mol. The van der Waals surface area contributed by atoms with E-state index in [1.807, 2.05) is 17.0 Å². The first-order chi connectivity index (χ1) is 18.8. The van der Waals surface area contributed by atoms with E-state index >= 15 is 0 Å². The predicted octanol–water partition coefficient (Wildman–Crippen LogP) is 4.63. The molecule has 0 unspecified atom stereocenters. The van der Waals surface area contributed by atoms with Crippen LogP contribution in [0.25, 0.3) is 10.9 Å². The lowest BCUT2D eigenvalue weighted by atomic mass is 10.0. The number of aromatic nitrogens is 2. The van der Waals surface area contributed by atoms with Crippen molar-refractivity contribution < 1.29 is 27.4 Å². The fraction of sp³-hybridized carbons (Fsp3) is 0.464. The molecule has 1 N–H and O–H groups in total. The number of benzene rings is 2. The Morgan fingerprint density at radius 3 is 2.69 bits per heavy atom. The standard InChI is InChI=1S/C28H30F3N5O3/c1-15(19-4-3-5-20(25(19)29)26(30)31)32-27-21-10-23-24(11-22(21)33-16(2)34-27)39-9-6-18-12-35(7-8-36(18)23)28(37)17-13-38-14-17/h3-5,10-11,15,17-18,26H,6-9,12-14H2,1-2H3,(H,32,33,34)/t15-,18+/m1/s1. The molecule has 0 bridgehead atoms. The van der Waals surface area contributed by atoms with Crippen molar-refractivity contribution in [1.82, 2.24) is 14.9 Å². The van der Waals surface area contributed by atoms with Crippen LogP contribution in [0.3, 0.4) is 0 Å².